The van der Waals surface area contributed by atoms with Gasteiger partial charge in [0.1, 0.15) is 0 Å². The summed E-state index contributed by atoms with van der Waals surface area (Å²) in [6, 6.07) is -0.437. The summed E-state index contributed by atoms with van der Waals surface area (Å²) in [5, 5.41) is 2.70. The highest BCUT2D eigenvalue weighted by atomic mass is 16.5. The summed E-state index contributed by atoms with van der Waals surface area (Å²) in [4.78, 5) is 23.6. The molecule has 2 rings (SSSR count). The molecule has 0 aromatic carbocycles. The van der Waals surface area contributed by atoms with E-state index in [1.807, 2.05) is 0 Å². The minimum absolute atomic E-state index is 0.110. The molecule has 0 bridgehead atoms. The Balaban J connectivity index is 2.21. The molecule has 2 unspecified atom stereocenters. The Morgan fingerprint density at radius 1 is 1.50 bits per heavy atom. The Kier molecular flexibility index (Phi) is 1.54. The number of nitrogens with one attached hydrogen (secondary N) is 1. The molecule has 0 radical (unpaired) electrons. The van der Waals surface area contributed by atoms with Crippen LogP contribution in [0.15, 0.2) is 0 Å². The summed E-state index contributed by atoms with van der Waals surface area (Å²) in [5.41, 5.74) is 0. The standard InChI is InChI=1S/C7H10N2O3/c1-9-6(10)4-2-12-3-5(4)8-7(9)11/h4-5H,2-3H2,1H3,(H,8,11). The Bertz CT molecular complexity index is 241. The molecular formula is C7H10N2O3. The van der Waals surface area contributed by atoms with Crippen molar-refractivity contribution in [1.82, 2.24) is 10.2 Å². The second-order valence-corrected chi connectivity index (χ2v) is 3.10. The first-order valence-corrected chi connectivity index (χ1v) is 3.86. The van der Waals surface area contributed by atoms with Crippen molar-refractivity contribution in [2.24, 2.45) is 5.92 Å². The van der Waals surface area contributed by atoms with Crippen molar-refractivity contribution in [2.75, 3.05) is 20.3 Å². The van der Waals surface area contributed by atoms with E-state index in [9.17, 15) is 9.59 Å². The van der Waals surface area contributed by atoms with Crippen LogP contribution in [0.4, 0.5) is 4.79 Å². The molecule has 2 aliphatic rings. The van der Waals surface area contributed by atoms with Gasteiger partial charge in [-0.2, -0.15) is 0 Å². The smallest absolute Gasteiger partial charge is 0.324 e. The third kappa shape index (κ3) is 0.896. The van der Waals surface area contributed by atoms with Crippen LogP contribution in [0.25, 0.3) is 0 Å². The molecule has 2 aliphatic heterocycles. The van der Waals surface area contributed by atoms with Gasteiger partial charge in [-0.05, 0) is 0 Å². The molecule has 2 atom stereocenters. The number of hydrogen-bond acceptors (Lipinski definition) is 3. The second-order valence-electron chi connectivity index (χ2n) is 3.10. The fourth-order valence-corrected chi connectivity index (χ4v) is 1.54. The third-order valence-electron chi connectivity index (χ3n) is 2.34. The lowest BCUT2D eigenvalue weighted by atomic mass is 10.0. The molecule has 0 spiro atoms. The fourth-order valence-electron chi connectivity index (χ4n) is 1.54. The molecule has 3 amide bonds. The van der Waals surface area contributed by atoms with E-state index in [1.54, 1.807) is 0 Å². The summed E-state index contributed by atoms with van der Waals surface area (Å²) >= 11 is 0. The quantitative estimate of drug-likeness (QED) is 0.517. The van der Waals surface area contributed by atoms with Gasteiger partial charge in [-0.1, -0.05) is 0 Å². The van der Waals surface area contributed by atoms with E-state index in [0.717, 1.165) is 4.90 Å². The van der Waals surface area contributed by atoms with Gasteiger partial charge in [0.2, 0.25) is 5.91 Å². The zero-order valence-electron chi connectivity index (χ0n) is 6.74. The first-order valence-electron chi connectivity index (χ1n) is 3.86. The Morgan fingerprint density at radius 2 is 2.25 bits per heavy atom. The van der Waals surface area contributed by atoms with E-state index in [0.29, 0.717) is 13.2 Å². The maximum absolute atomic E-state index is 11.4. The van der Waals surface area contributed by atoms with Crippen molar-refractivity contribution in [1.29, 1.82) is 0 Å². The molecule has 0 saturated carbocycles. The molecule has 2 heterocycles. The van der Waals surface area contributed by atoms with Crippen LogP contribution in [0.1, 0.15) is 0 Å². The van der Waals surface area contributed by atoms with E-state index in [1.165, 1.54) is 7.05 Å². The molecule has 1 N–H and O–H groups in total. The maximum Gasteiger partial charge on any atom is 0.324 e. The van der Waals surface area contributed by atoms with Gasteiger partial charge in [0.05, 0.1) is 25.2 Å². The molecule has 5 heteroatoms. The minimum atomic E-state index is -0.327. The number of carbonyl (C=O) groups excluding carboxylic acids is 2. The highest BCUT2D eigenvalue weighted by Gasteiger charge is 2.42. The van der Waals surface area contributed by atoms with Gasteiger partial charge >= 0.3 is 6.03 Å². The van der Waals surface area contributed by atoms with E-state index in [4.69, 9.17) is 4.74 Å². The van der Waals surface area contributed by atoms with Gasteiger partial charge in [-0.25, -0.2) is 4.79 Å². The summed E-state index contributed by atoms with van der Waals surface area (Å²) in [6.45, 7) is 0.879. The van der Waals surface area contributed by atoms with E-state index < -0.39 is 0 Å². The van der Waals surface area contributed by atoms with Crippen LogP contribution >= 0.6 is 0 Å². The van der Waals surface area contributed by atoms with Gasteiger partial charge in [-0.15, -0.1) is 0 Å². The number of fused-ring (bicyclic) bond motifs is 1. The van der Waals surface area contributed by atoms with Crippen molar-refractivity contribution in [3.05, 3.63) is 0 Å². The topological polar surface area (TPSA) is 58.6 Å². The highest BCUT2D eigenvalue weighted by Crippen LogP contribution is 2.19. The summed E-state index contributed by atoms with van der Waals surface area (Å²) in [5.74, 6) is -0.311. The van der Waals surface area contributed by atoms with E-state index in [-0.39, 0.29) is 23.9 Å². The van der Waals surface area contributed by atoms with Crippen molar-refractivity contribution >= 4 is 11.9 Å². The summed E-state index contributed by atoms with van der Waals surface area (Å²) in [7, 11) is 1.48. The molecular weight excluding hydrogens is 160 g/mol. The van der Waals surface area contributed by atoms with Crippen LogP contribution in [0.3, 0.4) is 0 Å². The molecule has 0 aromatic heterocycles. The van der Waals surface area contributed by atoms with Crippen molar-refractivity contribution in [3.63, 3.8) is 0 Å². The van der Waals surface area contributed by atoms with Crippen LogP contribution in [-0.4, -0.2) is 43.1 Å². The Morgan fingerprint density at radius 3 is 3.00 bits per heavy atom. The molecule has 0 aliphatic carbocycles. The van der Waals surface area contributed by atoms with Gasteiger partial charge in [0.15, 0.2) is 0 Å². The minimum Gasteiger partial charge on any atom is -0.378 e. The lowest BCUT2D eigenvalue weighted by Gasteiger charge is -2.29. The van der Waals surface area contributed by atoms with Crippen LogP contribution in [0.5, 0.6) is 0 Å². The third-order valence-corrected chi connectivity index (χ3v) is 2.34. The SMILES string of the molecule is CN1C(=O)NC2COCC2C1=O. The fraction of sp³-hybridized carbons (Fsp3) is 0.714. The maximum atomic E-state index is 11.4. The largest absolute Gasteiger partial charge is 0.378 e. The van der Waals surface area contributed by atoms with Crippen molar-refractivity contribution in [2.45, 2.75) is 6.04 Å². The Hall–Kier alpha value is -1.10. The molecule has 2 saturated heterocycles. The van der Waals surface area contributed by atoms with Crippen molar-refractivity contribution < 1.29 is 14.3 Å². The highest BCUT2D eigenvalue weighted by molar-refractivity contribution is 5.98. The average Bonchev–Trinajstić information content (AvgIpc) is 2.48. The van der Waals surface area contributed by atoms with Crippen LogP contribution < -0.4 is 5.32 Å². The summed E-state index contributed by atoms with van der Waals surface area (Å²) < 4.78 is 5.10. The first kappa shape index (κ1) is 7.54. The molecule has 5 nitrogen and oxygen atoms in total. The average molecular weight is 170 g/mol. The monoisotopic (exact) mass is 170 g/mol. The molecule has 0 aromatic rings. The molecule has 2 fully saturated rings. The molecule has 66 valence electrons. The number of nitrogens with zero attached hydrogens (tertiary/aromatic N) is 1. The zero-order chi connectivity index (χ0) is 8.72. The predicted octanol–water partition coefficient (Wildman–Crippen LogP) is -0.817. The van der Waals surface area contributed by atoms with Gasteiger partial charge in [-0.3, -0.25) is 9.69 Å². The Labute approximate surface area is 69.7 Å². The number of rotatable bonds is 0. The number of urea groups is 1. The number of amides is 3. The zero-order valence-corrected chi connectivity index (χ0v) is 6.74. The van der Waals surface area contributed by atoms with E-state index >= 15 is 0 Å². The first-order chi connectivity index (χ1) is 5.70. The lowest BCUT2D eigenvalue weighted by Crippen LogP contribution is -2.58. The van der Waals surface area contributed by atoms with Crippen molar-refractivity contribution in [3.8, 4) is 0 Å². The van der Waals surface area contributed by atoms with Crippen LogP contribution in [0.2, 0.25) is 0 Å². The molecule has 12 heavy (non-hydrogen) atoms. The lowest BCUT2D eigenvalue weighted by molar-refractivity contribution is -0.133. The van der Waals surface area contributed by atoms with Crippen LogP contribution in [-0.2, 0) is 9.53 Å². The number of ether oxygens (including phenoxy) is 1. The van der Waals surface area contributed by atoms with Gasteiger partial charge in [0, 0.05) is 7.05 Å². The van der Waals surface area contributed by atoms with Crippen LogP contribution in [0, 0.1) is 5.92 Å². The van der Waals surface area contributed by atoms with E-state index in [2.05, 4.69) is 5.32 Å². The summed E-state index contributed by atoms with van der Waals surface area (Å²) in [6.07, 6.45) is 0. The number of hydrogen-bond donors (Lipinski definition) is 1. The number of carbonyl (C=O) groups is 2. The second kappa shape index (κ2) is 2.45. The normalized spacial score (nSPS) is 34.9. The predicted molar refractivity (Wildman–Crippen MR) is 39.4 cm³/mol. The van der Waals surface area contributed by atoms with Gasteiger partial charge in [0.25, 0.3) is 0 Å². The number of imide groups is 1. The van der Waals surface area contributed by atoms with Gasteiger partial charge < -0.3 is 10.1 Å².